The fraction of sp³-hybridized carbons (Fsp3) is 0.667. The van der Waals surface area contributed by atoms with Crippen molar-refractivity contribution in [3.63, 3.8) is 0 Å². The maximum Gasteiger partial charge on any atom is 0.0521 e. The Morgan fingerprint density at radius 2 is 2.46 bits per heavy atom. The number of hydrogen-bond donors (Lipinski definition) is 1. The van der Waals surface area contributed by atoms with E-state index in [0.29, 0.717) is 6.04 Å². The van der Waals surface area contributed by atoms with Crippen molar-refractivity contribution in [2.75, 3.05) is 12.0 Å². The predicted octanol–water partition coefficient (Wildman–Crippen LogP) is 1.04. The Morgan fingerprint density at radius 3 is 3.00 bits per heavy atom. The fourth-order valence-corrected chi connectivity index (χ4v) is 1.85. The van der Waals surface area contributed by atoms with Crippen LogP contribution in [0.5, 0.6) is 0 Å². The summed E-state index contributed by atoms with van der Waals surface area (Å²) in [6.07, 6.45) is 8.13. The average molecular weight is 199 g/mol. The first kappa shape index (κ1) is 10.6. The maximum atomic E-state index is 5.89. The minimum absolute atomic E-state index is 0.315. The lowest BCUT2D eigenvalue weighted by Gasteiger charge is -2.07. The molecule has 2 N–H and O–H groups in total. The highest BCUT2D eigenvalue weighted by Gasteiger charge is 2.02. The molecule has 0 radical (unpaired) electrons. The van der Waals surface area contributed by atoms with Crippen LogP contribution in [0.2, 0.25) is 0 Å². The highest BCUT2D eigenvalue weighted by molar-refractivity contribution is 7.98. The maximum absolute atomic E-state index is 5.89. The number of hydrogen-bond acceptors (Lipinski definition) is 3. The topological polar surface area (TPSA) is 43.8 Å². The lowest BCUT2D eigenvalue weighted by Crippen LogP contribution is -2.23. The van der Waals surface area contributed by atoms with Crippen molar-refractivity contribution < 1.29 is 0 Å². The Morgan fingerprint density at radius 1 is 1.69 bits per heavy atom. The first-order valence-corrected chi connectivity index (χ1v) is 5.84. The molecule has 1 unspecified atom stereocenters. The van der Waals surface area contributed by atoms with Gasteiger partial charge in [0.15, 0.2) is 0 Å². The van der Waals surface area contributed by atoms with E-state index in [2.05, 4.69) is 11.4 Å². The lowest BCUT2D eigenvalue weighted by molar-refractivity contribution is 0.674. The van der Waals surface area contributed by atoms with Gasteiger partial charge in [0.2, 0.25) is 0 Å². The number of aryl methyl sites for hydroxylation is 2. The molecule has 1 aromatic rings. The molecule has 1 aromatic heterocycles. The van der Waals surface area contributed by atoms with E-state index in [4.69, 9.17) is 5.73 Å². The van der Waals surface area contributed by atoms with Gasteiger partial charge in [-0.1, -0.05) is 0 Å². The first-order chi connectivity index (χ1) is 6.22. The van der Waals surface area contributed by atoms with Crippen LogP contribution in [0, 0.1) is 0 Å². The third-order valence-electron chi connectivity index (χ3n) is 1.94. The molecule has 0 aliphatic carbocycles. The van der Waals surface area contributed by atoms with Crippen molar-refractivity contribution in [3.8, 4) is 0 Å². The summed E-state index contributed by atoms with van der Waals surface area (Å²) in [5.74, 6) is 1.04. The number of thioether (sulfide) groups is 1. The number of nitrogens with zero attached hydrogens (tertiary/aromatic N) is 2. The average Bonchev–Trinajstić information content (AvgIpc) is 2.49. The van der Waals surface area contributed by atoms with Gasteiger partial charge in [0.25, 0.3) is 0 Å². The largest absolute Gasteiger partial charge is 0.327 e. The Bertz CT molecular complexity index is 247. The second-order valence-electron chi connectivity index (χ2n) is 3.28. The van der Waals surface area contributed by atoms with Crippen LogP contribution in [-0.2, 0) is 13.5 Å². The van der Waals surface area contributed by atoms with Gasteiger partial charge in [0.1, 0.15) is 0 Å². The standard InChI is InChI=1S/C9H17N3S/c1-12-6-8(5-11-12)3-4-9(10)7-13-2/h5-6,9H,3-4,7,10H2,1-2H3. The van der Waals surface area contributed by atoms with Crippen LogP contribution in [0.3, 0.4) is 0 Å². The van der Waals surface area contributed by atoms with Gasteiger partial charge in [-0.3, -0.25) is 4.68 Å². The molecule has 0 aliphatic heterocycles. The summed E-state index contributed by atoms with van der Waals surface area (Å²) in [7, 11) is 1.94. The van der Waals surface area contributed by atoms with Crippen molar-refractivity contribution in [2.45, 2.75) is 18.9 Å². The highest BCUT2D eigenvalue weighted by atomic mass is 32.2. The van der Waals surface area contributed by atoms with Crippen LogP contribution in [0.25, 0.3) is 0 Å². The summed E-state index contributed by atoms with van der Waals surface area (Å²) in [6.45, 7) is 0. The molecule has 0 aromatic carbocycles. The summed E-state index contributed by atoms with van der Waals surface area (Å²) < 4.78 is 1.83. The van der Waals surface area contributed by atoms with Gasteiger partial charge in [-0.25, -0.2) is 0 Å². The molecule has 0 amide bonds. The second-order valence-corrected chi connectivity index (χ2v) is 4.19. The molecule has 0 spiro atoms. The third-order valence-corrected chi connectivity index (χ3v) is 2.70. The minimum Gasteiger partial charge on any atom is -0.327 e. The highest BCUT2D eigenvalue weighted by Crippen LogP contribution is 2.05. The third kappa shape index (κ3) is 3.83. The quantitative estimate of drug-likeness (QED) is 0.770. The van der Waals surface area contributed by atoms with E-state index in [9.17, 15) is 0 Å². The van der Waals surface area contributed by atoms with Crippen LogP contribution >= 0.6 is 11.8 Å². The van der Waals surface area contributed by atoms with Gasteiger partial charge >= 0.3 is 0 Å². The van der Waals surface area contributed by atoms with Crippen molar-refractivity contribution in [1.29, 1.82) is 0 Å². The van der Waals surface area contributed by atoms with Crippen LogP contribution in [-0.4, -0.2) is 27.8 Å². The normalized spacial score (nSPS) is 13.2. The summed E-state index contributed by atoms with van der Waals surface area (Å²) in [4.78, 5) is 0. The van der Waals surface area contributed by atoms with Crippen molar-refractivity contribution in [3.05, 3.63) is 18.0 Å². The SMILES string of the molecule is CSCC(N)CCc1cnn(C)c1. The molecule has 13 heavy (non-hydrogen) atoms. The monoisotopic (exact) mass is 199 g/mol. The number of rotatable bonds is 5. The molecule has 0 saturated heterocycles. The van der Waals surface area contributed by atoms with E-state index in [0.717, 1.165) is 18.6 Å². The Labute approximate surface area is 83.7 Å². The minimum atomic E-state index is 0.315. The molecule has 0 aliphatic rings. The van der Waals surface area contributed by atoms with Gasteiger partial charge in [0.05, 0.1) is 6.20 Å². The van der Waals surface area contributed by atoms with Crippen LogP contribution in [0.15, 0.2) is 12.4 Å². The zero-order valence-electron chi connectivity index (χ0n) is 8.23. The molecule has 3 nitrogen and oxygen atoms in total. The van der Waals surface area contributed by atoms with E-state index in [1.54, 1.807) is 11.8 Å². The summed E-state index contributed by atoms with van der Waals surface area (Å²) in [6, 6.07) is 0.315. The molecular formula is C9H17N3S. The molecule has 0 bridgehead atoms. The smallest absolute Gasteiger partial charge is 0.0521 e. The number of aromatic nitrogens is 2. The van der Waals surface area contributed by atoms with Crippen molar-refractivity contribution >= 4 is 11.8 Å². The molecule has 4 heteroatoms. The van der Waals surface area contributed by atoms with E-state index in [-0.39, 0.29) is 0 Å². The zero-order chi connectivity index (χ0) is 9.68. The molecule has 0 fully saturated rings. The first-order valence-electron chi connectivity index (χ1n) is 4.44. The van der Waals surface area contributed by atoms with Crippen molar-refractivity contribution in [2.24, 2.45) is 12.8 Å². The van der Waals surface area contributed by atoms with Gasteiger partial charge in [-0.15, -0.1) is 0 Å². The van der Waals surface area contributed by atoms with E-state index in [1.807, 2.05) is 24.1 Å². The van der Waals surface area contributed by atoms with Crippen LogP contribution in [0.1, 0.15) is 12.0 Å². The van der Waals surface area contributed by atoms with Gasteiger partial charge in [-0.2, -0.15) is 16.9 Å². The summed E-state index contributed by atoms with van der Waals surface area (Å²) >= 11 is 1.80. The Balaban J connectivity index is 2.26. The van der Waals surface area contributed by atoms with E-state index >= 15 is 0 Å². The zero-order valence-corrected chi connectivity index (χ0v) is 9.05. The van der Waals surface area contributed by atoms with E-state index in [1.165, 1.54) is 5.56 Å². The molecule has 74 valence electrons. The molecule has 1 atom stereocenters. The van der Waals surface area contributed by atoms with Crippen LogP contribution in [0.4, 0.5) is 0 Å². The Kier molecular flexibility index (Phi) is 4.32. The molecule has 1 rings (SSSR count). The fourth-order valence-electron chi connectivity index (χ4n) is 1.25. The molecule has 1 heterocycles. The number of nitrogens with two attached hydrogens (primary N) is 1. The van der Waals surface area contributed by atoms with E-state index < -0.39 is 0 Å². The predicted molar refractivity (Wildman–Crippen MR) is 57.9 cm³/mol. The lowest BCUT2D eigenvalue weighted by atomic mass is 10.1. The summed E-state index contributed by atoms with van der Waals surface area (Å²) in [5, 5.41) is 4.11. The Hall–Kier alpha value is -0.480. The van der Waals surface area contributed by atoms with Gasteiger partial charge in [-0.05, 0) is 24.7 Å². The van der Waals surface area contributed by atoms with Gasteiger partial charge < -0.3 is 5.73 Å². The second kappa shape index (κ2) is 5.29. The summed E-state index contributed by atoms with van der Waals surface area (Å²) in [5.41, 5.74) is 7.17. The molecule has 0 saturated carbocycles. The van der Waals surface area contributed by atoms with Gasteiger partial charge in [0, 0.05) is 25.0 Å². The molecular weight excluding hydrogens is 182 g/mol. The van der Waals surface area contributed by atoms with Crippen LogP contribution < -0.4 is 5.73 Å². The van der Waals surface area contributed by atoms with Crippen molar-refractivity contribution in [1.82, 2.24) is 9.78 Å².